The van der Waals surface area contributed by atoms with Crippen LogP contribution in [0.2, 0.25) is 0 Å². The third-order valence-electron chi connectivity index (χ3n) is 11.1. The van der Waals surface area contributed by atoms with Gasteiger partial charge < -0.3 is 23.7 Å². The number of amides is 2. The lowest BCUT2D eigenvalue weighted by atomic mass is 9.92. The molecule has 0 aliphatic carbocycles. The zero-order valence-corrected chi connectivity index (χ0v) is 29.9. The Kier molecular flexibility index (Phi) is 8.38. The van der Waals surface area contributed by atoms with E-state index in [-0.39, 0.29) is 43.2 Å². The van der Waals surface area contributed by atoms with Gasteiger partial charge in [0.2, 0.25) is 0 Å². The topological polar surface area (TPSA) is 142 Å². The maximum absolute atomic E-state index is 16.2. The molecule has 51 heavy (non-hydrogen) atoms. The quantitative estimate of drug-likeness (QED) is 0.344. The summed E-state index contributed by atoms with van der Waals surface area (Å²) >= 11 is 0. The molecule has 1 atom stereocenters. The molecule has 2 aromatic carbocycles. The lowest BCUT2D eigenvalue weighted by Crippen LogP contribution is -2.53. The number of methoxy groups -OCH3 is 2. The Balaban J connectivity index is 1.17. The molecule has 0 spiro atoms. The van der Waals surface area contributed by atoms with E-state index in [0.717, 1.165) is 59.5 Å². The third-order valence-corrected chi connectivity index (χ3v) is 12.7. The highest BCUT2D eigenvalue weighted by molar-refractivity contribution is 7.87. The van der Waals surface area contributed by atoms with Crippen molar-refractivity contribution >= 4 is 38.7 Å². The summed E-state index contributed by atoms with van der Waals surface area (Å²) in [7, 11) is -3.84. The van der Waals surface area contributed by atoms with Crippen molar-refractivity contribution in [3.8, 4) is 5.75 Å². The minimum Gasteiger partial charge on any atom is -0.493 e. The molecule has 3 aromatic rings. The van der Waals surface area contributed by atoms with Crippen molar-refractivity contribution in [1.82, 2.24) is 18.8 Å². The highest BCUT2D eigenvalue weighted by Gasteiger charge is 2.47. The molecule has 2 bridgehead atoms. The highest BCUT2D eigenvalue weighted by atomic mass is 32.2. The molecule has 15 heteroatoms. The first kappa shape index (κ1) is 31.7. The van der Waals surface area contributed by atoms with Crippen LogP contribution in [0.3, 0.4) is 0 Å². The molecule has 1 aromatic heterocycles. The number of benzene rings is 2. The first-order valence-corrected chi connectivity index (χ1v) is 18.6. The minimum absolute atomic E-state index is 0.0926. The van der Waals surface area contributed by atoms with E-state index in [1.54, 1.807) is 7.11 Å². The van der Waals surface area contributed by atoms with Crippen LogP contribution in [0.1, 0.15) is 72.8 Å². The molecule has 13 nitrogen and oxygen atoms in total. The molecule has 1 N–H and O–H groups in total. The van der Waals surface area contributed by atoms with Crippen LogP contribution in [0, 0.1) is 19.7 Å². The van der Waals surface area contributed by atoms with Crippen LogP contribution in [0.25, 0.3) is 11.0 Å². The first-order chi connectivity index (χ1) is 25.5. The summed E-state index contributed by atoms with van der Waals surface area (Å²) in [5, 5.41) is 0.785. The van der Waals surface area contributed by atoms with Gasteiger partial charge in [0, 0.05) is 62.0 Å². The Hall–Kier alpha value is -4.05. The Morgan fingerprint density at radius 3 is 2.47 bits per heavy atom. The molecule has 0 unspecified atom stereocenters. The Bertz CT molecular complexity index is 2180. The molecular formula is C36H44FN5O8S. The van der Waals surface area contributed by atoms with Gasteiger partial charge in [0.15, 0.2) is 11.6 Å². The fraction of sp³-hybridized carbons (Fsp3) is 0.528. The van der Waals surface area contributed by atoms with E-state index in [9.17, 15) is 22.8 Å². The predicted octanol–water partition coefficient (Wildman–Crippen LogP) is 3.12. The van der Waals surface area contributed by atoms with Crippen LogP contribution in [0.5, 0.6) is 5.75 Å². The summed E-state index contributed by atoms with van der Waals surface area (Å²) in [6.45, 7) is 6.70. The molecule has 0 saturated carbocycles. The van der Waals surface area contributed by atoms with E-state index < -0.39 is 57.4 Å². The molecule has 5 heterocycles. The van der Waals surface area contributed by atoms with E-state index in [1.165, 1.54) is 9.21 Å². The summed E-state index contributed by atoms with van der Waals surface area (Å²) in [6, 6.07) is 3.71. The second-order valence-corrected chi connectivity index (χ2v) is 15.6. The van der Waals surface area contributed by atoms with Gasteiger partial charge in [0.1, 0.15) is 5.58 Å². The van der Waals surface area contributed by atoms with Crippen LogP contribution in [0.4, 0.5) is 10.1 Å². The average Bonchev–Trinajstić information content (AvgIpc) is 3.73. The standard InChI is InChI=1S/C36H44FN5O8S/c1-20-16-29(40-15-14-39(3)24(17-40)19-48-4)21(2)32-30(20)25-12-13-41(18-28(25)36(45)50-32)35(44)26-10-11-27(33(49-5)31(26)37)34(43)38-51(46,47)42-22-6-7-23(42)9-8-22/h10-11,16,22-24H,6-9,12-15,17-19H2,1-5H3,(H,38,43)/t22?,23?,24-/m1/s1/i5D3. The number of piperazine rings is 1. The number of halogens is 1. The van der Waals surface area contributed by atoms with E-state index in [2.05, 4.69) is 22.9 Å². The van der Waals surface area contributed by atoms with Gasteiger partial charge in [-0.1, -0.05) is 0 Å². The summed E-state index contributed by atoms with van der Waals surface area (Å²) in [5.41, 5.74) is 2.19. The smallest absolute Gasteiger partial charge is 0.341 e. The Labute approximate surface area is 300 Å². The van der Waals surface area contributed by atoms with Gasteiger partial charge in [-0.05, 0) is 82.3 Å². The summed E-state index contributed by atoms with van der Waals surface area (Å²) in [4.78, 5) is 46.5. The lowest BCUT2D eigenvalue weighted by molar-refractivity contribution is 0.0726. The van der Waals surface area contributed by atoms with E-state index in [1.807, 2.05) is 18.6 Å². The van der Waals surface area contributed by atoms with Crippen molar-refractivity contribution in [3.05, 3.63) is 67.8 Å². The zero-order valence-electron chi connectivity index (χ0n) is 32.1. The number of ether oxygens (including phenoxy) is 2. The molecule has 4 aliphatic rings. The largest absolute Gasteiger partial charge is 0.493 e. The van der Waals surface area contributed by atoms with E-state index in [0.29, 0.717) is 37.9 Å². The van der Waals surface area contributed by atoms with Gasteiger partial charge in [-0.15, -0.1) is 0 Å². The van der Waals surface area contributed by atoms with Crippen molar-refractivity contribution in [2.24, 2.45) is 0 Å². The SMILES string of the molecule is [2H]C([2H])([2H])Oc1c(C(=O)NS(=O)(=O)N2C3CCC2CC3)ccc(C(=O)N2CCc3c(c(=O)oc4c(C)c(N5CCN(C)[C@@H](COC)C5)cc(C)c34)C2)c1F. The maximum atomic E-state index is 16.2. The molecule has 274 valence electrons. The van der Waals surface area contributed by atoms with Crippen molar-refractivity contribution in [2.45, 2.75) is 70.6 Å². The van der Waals surface area contributed by atoms with Crippen LogP contribution < -0.4 is 20.0 Å². The maximum Gasteiger partial charge on any atom is 0.341 e. The lowest BCUT2D eigenvalue weighted by Gasteiger charge is -2.41. The first-order valence-electron chi connectivity index (χ1n) is 18.7. The molecule has 7 rings (SSSR count). The third kappa shape index (κ3) is 6.07. The number of hydrogen-bond donors (Lipinski definition) is 1. The summed E-state index contributed by atoms with van der Waals surface area (Å²) in [5.74, 6) is -4.72. The summed E-state index contributed by atoms with van der Waals surface area (Å²) < 4.78 is 84.8. The number of carbonyl (C=O) groups excluding carboxylic acids is 2. The number of nitrogens with one attached hydrogen (secondary N) is 1. The molecule has 4 aliphatic heterocycles. The number of anilines is 1. The monoisotopic (exact) mass is 728 g/mol. The number of nitrogens with zero attached hydrogens (tertiary/aromatic N) is 4. The van der Waals surface area contributed by atoms with Crippen molar-refractivity contribution in [1.29, 1.82) is 0 Å². The second-order valence-electron chi connectivity index (χ2n) is 14.0. The van der Waals surface area contributed by atoms with Crippen LogP contribution in [-0.2, 0) is 27.9 Å². The number of hydrogen-bond acceptors (Lipinski definition) is 10. The van der Waals surface area contributed by atoms with Gasteiger partial charge in [0.25, 0.3) is 11.8 Å². The van der Waals surface area contributed by atoms with Crippen LogP contribution in [0.15, 0.2) is 27.4 Å². The molecule has 0 radical (unpaired) electrons. The van der Waals surface area contributed by atoms with E-state index in [4.69, 9.17) is 18.0 Å². The number of aryl methyl sites for hydroxylation is 2. The van der Waals surface area contributed by atoms with Gasteiger partial charge in [-0.25, -0.2) is 13.9 Å². The highest BCUT2D eigenvalue weighted by Crippen LogP contribution is 2.40. The molecular weight excluding hydrogens is 681 g/mol. The van der Waals surface area contributed by atoms with Crippen LogP contribution in [-0.4, -0.2) is 106 Å². The molecule has 3 fully saturated rings. The second kappa shape index (κ2) is 13.5. The number of likely N-dealkylation sites (N-methyl/N-ethyl adjacent to an activating group) is 1. The number of rotatable bonds is 8. The Morgan fingerprint density at radius 1 is 1.08 bits per heavy atom. The fourth-order valence-corrected chi connectivity index (χ4v) is 10.1. The van der Waals surface area contributed by atoms with Crippen molar-refractivity contribution in [2.75, 3.05) is 58.9 Å². The zero-order chi connectivity index (χ0) is 38.9. The average molecular weight is 729 g/mol. The Morgan fingerprint density at radius 2 is 1.78 bits per heavy atom. The fourth-order valence-electron chi connectivity index (χ4n) is 8.44. The van der Waals surface area contributed by atoms with Crippen molar-refractivity contribution < 1.29 is 40.4 Å². The predicted molar refractivity (Wildman–Crippen MR) is 188 cm³/mol. The normalized spacial score (nSPS) is 23.5. The van der Waals surface area contributed by atoms with Crippen molar-refractivity contribution in [3.63, 3.8) is 0 Å². The van der Waals surface area contributed by atoms with Gasteiger partial charge in [-0.2, -0.15) is 12.7 Å². The molecule has 3 saturated heterocycles. The number of fused-ring (bicyclic) bond motifs is 5. The van der Waals surface area contributed by atoms with Gasteiger partial charge in [0.05, 0.1) is 47.0 Å². The van der Waals surface area contributed by atoms with Gasteiger partial charge in [-0.3, -0.25) is 14.5 Å². The number of carbonyl (C=O) groups is 2. The summed E-state index contributed by atoms with van der Waals surface area (Å²) in [6.07, 6.45) is 2.88. The molecule has 2 amide bonds. The van der Waals surface area contributed by atoms with Crippen LogP contribution >= 0.6 is 0 Å². The van der Waals surface area contributed by atoms with E-state index >= 15 is 4.39 Å². The minimum atomic E-state index is -4.34. The van der Waals surface area contributed by atoms with Gasteiger partial charge >= 0.3 is 15.8 Å².